The third-order valence-electron chi connectivity index (χ3n) is 2.18. The van der Waals surface area contributed by atoms with Crippen LogP contribution in [0.15, 0.2) is 0 Å². The summed E-state index contributed by atoms with van der Waals surface area (Å²) in [7, 11) is 1.68. The maximum absolute atomic E-state index is 11.2. The van der Waals surface area contributed by atoms with E-state index in [0.717, 1.165) is 19.4 Å². The van der Waals surface area contributed by atoms with Crippen LogP contribution in [0.3, 0.4) is 0 Å². The van der Waals surface area contributed by atoms with Crippen molar-refractivity contribution in [2.24, 2.45) is 0 Å². The Morgan fingerprint density at radius 3 is 3.08 bits per heavy atom. The molecule has 0 bridgehead atoms. The normalized spacial score (nSPS) is 24.2. The number of amides is 1. The quantitative estimate of drug-likeness (QED) is 0.606. The van der Waals surface area contributed by atoms with Crippen LogP contribution < -0.4 is 0 Å². The number of hydrogen-bond acceptors (Lipinski definition) is 2. The lowest BCUT2D eigenvalue weighted by molar-refractivity contribution is -0.131. The number of nitrogens with zero attached hydrogens (tertiary/aromatic N) is 1. The predicted octanol–water partition coefficient (Wildman–Crippen LogP) is 0.863. The molecule has 1 atom stereocenters. The number of rotatable bonds is 2. The lowest BCUT2D eigenvalue weighted by Crippen LogP contribution is -2.43. The first kappa shape index (κ1) is 9.81. The molecule has 0 spiro atoms. The molecule has 3 nitrogen and oxygen atoms in total. The van der Waals surface area contributed by atoms with Crippen molar-refractivity contribution in [3.05, 3.63) is 0 Å². The van der Waals surface area contributed by atoms with Gasteiger partial charge in [0.1, 0.15) is 5.88 Å². The topological polar surface area (TPSA) is 29.5 Å². The largest absolute Gasteiger partial charge is 0.380 e. The summed E-state index contributed by atoms with van der Waals surface area (Å²) < 4.78 is 5.18. The second kappa shape index (κ2) is 4.67. The predicted molar refractivity (Wildman–Crippen MR) is 47.3 cm³/mol. The maximum atomic E-state index is 11.2. The Bertz CT molecular complexity index is 163. The number of hydrogen-bond donors (Lipinski definition) is 0. The SMILES string of the molecule is COC1CCCN(C(=O)CCl)C1. The van der Waals surface area contributed by atoms with Crippen LogP contribution in [0.25, 0.3) is 0 Å². The fraction of sp³-hybridized carbons (Fsp3) is 0.875. The van der Waals surface area contributed by atoms with Gasteiger partial charge in [-0.05, 0) is 12.8 Å². The molecular weight excluding hydrogens is 178 g/mol. The first-order chi connectivity index (χ1) is 5.77. The Morgan fingerprint density at radius 1 is 1.75 bits per heavy atom. The zero-order chi connectivity index (χ0) is 8.97. The summed E-state index contributed by atoms with van der Waals surface area (Å²) in [4.78, 5) is 12.9. The number of halogens is 1. The molecule has 1 amide bonds. The molecule has 1 rings (SSSR count). The molecule has 1 saturated heterocycles. The number of piperidine rings is 1. The molecule has 0 aromatic carbocycles. The molecule has 1 aliphatic heterocycles. The van der Waals surface area contributed by atoms with Crippen molar-refractivity contribution in [3.63, 3.8) is 0 Å². The summed E-state index contributed by atoms with van der Waals surface area (Å²) in [5.41, 5.74) is 0. The molecule has 1 aliphatic rings. The van der Waals surface area contributed by atoms with Crippen LogP contribution in [-0.4, -0.2) is 43.0 Å². The van der Waals surface area contributed by atoms with Crippen LogP contribution in [-0.2, 0) is 9.53 Å². The average molecular weight is 192 g/mol. The minimum atomic E-state index is 0.0124. The van der Waals surface area contributed by atoms with Gasteiger partial charge < -0.3 is 9.64 Å². The van der Waals surface area contributed by atoms with Gasteiger partial charge in [-0.2, -0.15) is 0 Å². The average Bonchev–Trinajstić information content (AvgIpc) is 2.17. The van der Waals surface area contributed by atoms with Gasteiger partial charge in [0.25, 0.3) is 0 Å². The summed E-state index contributed by atoms with van der Waals surface area (Å²) in [6.07, 6.45) is 2.26. The van der Waals surface area contributed by atoms with Crippen LogP contribution in [0.2, 0.25) is 0 Å². The van der Waals surface area contributed by atoms with E-state index in [9.17, 15) is 4.79 Å². The van der Waals surface area contributed by atoms with Crippen LogP contribution in [0.5, 0.6) is 0 Å². The number of alkyl halides is 1. The third kappa shape index (κ3) is 2.35. The van der Waals surface area contributed by atoms with E-state index in [-0.39, 0.29) is 17.9 Å². The summed E-state index contributed by atoms with van der Waals surface area (Å²) in [5, 5.41) is 0. The summed E-state index contributed by atoms with van der Waals surface area (Å²) in [6.45, 7) is 1.52. The van der Waals surface area contributed by atoms with E-state index in [0.29, 0.717) is 6.54 Å². The number of ether oxygens (including phenoxy) is 1. The van der Waals surface area contributed by atoms with Crippen LogP contribution in [0.4, 0.5) is 0 Å². The van der Waals surface area contributed by atoms with E-state index in [1.165, 1.54) is 0 Å². The molecule has 70 valence electrons. The molecule has 0 aliphatic carbocycles. The zero-order valence-electron chi connectivity index (χ0n) is 7.25. The van der Waals surface area contributed by atoms with Crippen molar-refractivity contribution in [3.8, 4) is 0 Å². The molecule has 1 fully saturated rings. The Labute approximate surface area is 77.6 Å². The van der Waals surface area contributed by atoms with Crippen molar-refractivity contribution < 1.29 is 9.53 Å². The third-order valence-corrected chi connectivity index (χ3v) is 2.41. The van der Waals surface area contributed by atoms with E-state index in [4.69, 9.17) is 16.3 Å². The smallest absolute Gasteiger partial charge is 0.237 e. The Kier molecular flexibility index (Phi) is 3.82. The van der Waals surface area contributed by atoms with Crippen molar-refractivity contribution in [2.45, 2.75) is 18.9 Å². The van der Waals surface area contributed by atoms with Crippen molar-refractivity contribution in [2.75, 3.05) is 26.1 Å². The highest BCUT2D eigenvalue weighted by molar-refractivity contribution is 6.27. The fourth-order valence-electron chi connectivity index (χ4n) is 1.44. The van der Waals surface area contributed by atoms with Crippen LogP contribution in [0, 0.1) is 0 Å². The second-order valence-electron chi connectivity index (χ2n) is 2.97. The van der Waals surface area contributed by atoms with Gasteiger partial charge >= 0.3 is 0 Å². The molecule has 0 aromatic heterocycles. The number of carbonyl (C=O) groups is 1. The minimum Gasteiger partial charge on any atom is -0.380 e. The highest BCUT2D eigenvalue weighted by Crippen LogP contribution is 2.12. The molecule has 12 heavy (non-hydrogen) atoms. The Hall–Kier alpha value is -0.280. The minimum absolute atomic E-state index is 0.0124. The summed E-state index contributed by atoms with van der Waals surface area (Å²) >= 11 is 5.44. The number of carbonyl (C=O) groups excluding carboxylic acids is 1. The molecule has 4 heteroatoms. The van der Waals surface area contributed by atoms with Crippen LogP contribution >= 0.6 is 11.6 Å². The van der Waals surface area contributed by atoms with E-state index in [1.54, 1.807) is 12.0 Å². The fourth-order valence-corrected chi connectivity index (χ4v) is 1.61. The first-order valence-electron chi connectivity index (χ1n) is 4.14. The molecule has 0 N–H and O–H groups in total. The second-order valence-corrected chi connectivity index (χ2v) is 3.24. The number of methoxy groups -OCH3 is 1. The lowest BCUT2D eigenvalue weighted by atomic mass is 10.1. The molecule has 0 radical (unpaired) electrons. The van der Waals surface area contributed by atoms with Crippen molar-refractivity contribution >= 4 is 17.5 Å². The van der Waals surface area contributed by atoms with Crippen LogP contribution in [0.1, 0.15) is 12.8 Å². The van der Waals surface area contributed by atoms with E-state index in [1.807, 2.05) is 0 Å². The van der Waals surface area contributed by atoms with Crippen molar-refractivity contribution in [1.29, 1.82) is 0 Å². The van der Waals surface area contributed by atoms with Gasteiger partial charge in [0.2, 0.25) is 5.91 Å². The molecule has 0 aromatic rings. The van der Waals surface area contributed by atoms with E-state index < -0.39 is 0 Å². The first-order valence-corrected chi connectivity index (χ1v) is 4.68. The lowest BCUT2D eigenvalue weighted by Gasteiger charge is -2.31. The van der Waals surface area contributed by atoms with Gasteiger partial charge in [0.05, 0.1) is 6.10 Å². The highest BCUT2D eigenvalue weighted by Gasteiger charge is 2.22. The molecular formula is C8H14ClNO2. The molecule has 1 unspecified atom stereocenters. The maximum Gasteiger partial charge on any atom is 0.237 e. The van der Waals surface area contributed by atoms with E-state index >= 15 is 0 Å². The van der Waals surface area contributed by atoms with E-state index in [2.05, 4.69) is 0 Å². The van der Waals surface area contributed by atoms with Gasteiger partial charge in [0.15, 0.2) is 0 Å². The van der Waals surface area contributed by atoms with Gasteiger partial charge in [-0.3, -0.25) is 4.79 Å². The number of likely N-dealkylation sites (tertiary alicyclic amines) is 1. The zero-order valence-corrected chi connectivity index (χ0v) is 8.01. The van der Waals surface area contributed by atoms with Gasteiger partial charge in [-0.1, -0.05) is 0 Å². The van der Waals surface area contributed by atoms with Gasteiger partial charge in [0, 0.05) is 20.2 Å². The summed E-state index contributed by atoms with van der Waals surface area (Å²) in [6, 6.07) is 0. The van der Waals surface area contributed by atoms with Gasteiger partial charge in [-0.25, -0.2) is 0 Å². The standard InChI is InChI=1S/C8H14ClNO2/c1-12-7-3-2-4-10(6-7)8(11)5-9/h7H,2-6H2,1H3. The summed E-state index contributed by atoms with van der Waals surface area (Å²) in [5.74, 6) is 0.0922. The van der Waals surface area contributed by atoms with Gasteiger partial charge in [-0.15, -0.1) is 11.6 Å². The Morgan fingerprint density at radius 2 is 2.50 bits per heavy atom. The highest BCUT2D eigenvalue weighted by atomic mass is 35.5. The molecule has 0 saturated carbocycles. The monoisotopic (exact) mass is 191 g/mol. The van der Waals surface area contributed by atoms with Crippen molar-refractivity contribution in [1.82, 2.24) is 4.90 Å². The molecule has 1 heterocycles. The Balaban J connectivity index is 2.40.